The van der Waals surface area contributed by atoms with Crippen LogP contribution in [0.1, 0.15) is 39.3 Å². The van der Waals surface area contributed by atoms with E-state index in [-0.39, 0.29) is 17.8 Å². The summed E-state index contributed by atoms with van der Waals surface area (Å²) in [4.78, 5) is 24.9. The van der Waals surface area contributed by atoms with Gasteiger partial charge in [-0.3, -0.25) is 9.59 Å². The summed E-state index contributed by atoms with van der Waals surface area (Å²) in [6, 6.07) is 8.59. The van der Waals surface area contributed by atoms with E-state index in [1.807, 2.05) is 0 Å². The van der Waals surface area contributed by atoms with Gasteiger partial charge in [0.25, 0.3) is 11.8 Å². The second-order valence-corrected chi connectivity index (χ2v) is 6.69. The largest absolute Gasteiger partial charge is 0.444 e. The van der Waals surface area contributed by atoms with Crippen LogP contribution in [0, 0.1) is 6.92 Å². The highest BCUT2D eigenvalue weighted by Crippen LogP contribution is 2.22. The Morgan fingerprint density at radius 3 is 2.76 bits per heavy atom. The van der Waals surface area contributed by atoms with Gasteiger partial charge in [0.05, 0.1) is 17.4 Å². The molecule has 1 saturated heterocycles. The van der Waals surface area contributed by atoms with Crippen LogP contribution in [0.3, 0.4) is 0 Å². The number of benzene rings is 1. The number of hydrogen-bond donors (Lipinski definition) is 2. The first-order valence-electron chi connectivity index (χ1n) is 8.10. The Bertz CT molecular complexity index is 781. The predicted molar refractivity (Wildman–Crippen MR) is 96.8 cm³/mol. The molecule has 25 heavy (non-hydrogen) atoms. The molecule has 0 aliphatic carbocycles. The van der Waals surface area contributed by atoms with Gasteiger partial charge in [-0.15, -0.1) is 0 Å². The predicted octanol–water partition coefficient (Wildman–Crippen LogP) is 3.51. The molecular weight excluding hydrogens is 388 g/mol. The Balaban J connectivity index is 1.70. The van der Waals surface area contributed by atoms with Gasteiger partial charge in [0, 0.05) is 18.7 Å². The van der Waals surface area contributed by atoms with Crippen LogP contribution in [0.15, 0.2) is 39.4 Å². The molecule has 1 atom stereocenters. The van der Waals surface area contributed by atoms with Gasteiger partial charge in [0.15, 0.2) is 10.4 Å². The average Bonchev–Trinajstić information content (AvgIpc) is 3.22. The highest BCUT2D eigenvalue weighted by molar-refractivity contribution is 9.10. The molecule has 0 saturated carbocycles. The van der Waals surface area contributed by atoms with Crippen molar-refractivity contribution in [3.8, 4) is 0 Å². The van der Waals surface area contributed by atoms with Gasteiger partial charge in [-0.25, -0.2) is 0 Å². The fourth-order valence-corrected chi connectivity index (χ4v) is 3.25. The zero-order valence-electron chi connectivity index (χ0n) is 13.8. The molecule has 0 spiro atoms. The van der Waals surface area contributed by atoms with Gasteiger partial charge in [0.2, 0.25) is 0 Å². The highest BCUT2D eigenvalue weighted by atomic mass is 79.9. The van der Waals surface area contributed by atoms with Crippen molar-refractivity contribution in [1.82, 2.24) is 5.32 Å². The number of nitrogens with one attached hydrogen (secondary N) is 2. The quantitative estimate of drug-likeness (QED) is 0.795. The molecule has 1 fully saturated rings. The summed E-state index contributed by atoms with van der Waals surface area (Å²) in [6.45, 7) is 2.99. The standard InChI is InChI=1S/C18H19BrN2O4/c1-11-9-15(19)25-16(11)18(23)21-14-7-3-2-6-13(14)17(22)20-10-12-5-4-8-24-12/h2-3,6-7,9,12H,4-5,8,10H2,1H3,(H,20,22)(H,21,23)/t12-/m0/s1. The Kier molecular flexibility index (Phi) is 5.55. The summed E-state index contributed by atoms with van der Waals surface area (Å²) in [5.41, 5.74) is 1.55. The van der Waals surface area contributed by atoms with Gasteiger partial charge in [0.1, 0.15) is 0 Å². The van der Waals surface area contributed by atoms with Crippen LogP contribution >= 0.6 is 15.9 Å². The molecule has 1 aromatic carbocycles. The summed E-state index contributed by atoms with van der Waals surface area (Å²) in [7, 11) is 0. The minimum Gasteiger partial charge on any atom is -0.444 e. The lowest BCUT2D eigenvalue weighted by atomic mass is 10.1. The molecule has 132 valence electrons. The van der Waals surface area contributed by atoms with Gasteiger partial charge in [-0.05, 0) is 53.9 Å². The van der Waals surface area contributed by atoms with Crippen molar-refractivity contribution in [3.63, 3.8) is 0 Å². The Morgan fingerprint density at radius 2 is 2.08 bits per heavy atom. The normalized spacial score (nSPS) is 16.6. The lowest BCUT2D eigenvalue weighted by Gasteiger charge is -2.13. The second-order valence-electron chi connectivity index (χ2n) is 5.91. The van der Waals surface area contributed by atoms with E-state index in [0.29, 0.717) is 28.0 Å². The number of halogens is 1. The number of anilines is 1. The maximum atomic E-state index is 12.5. The average molecular weight is 407 g/mol. The van der Waals surface area contributed by atoms with Gasteiger partial charge < -0.3 is 19.8 Å². The second kappa shape index (κ2) is 7.84. The molecule has 6 nitrogen and oxygen atoms in total. The number of furan rings is 1. The van der Waals surface area contributed by atoms with E-state index in [0.717, 1.165) is 19.4 Å². The Labute approximate surface area is 154 Å². The van der Waals surface area contributed by atoms with Crippen molar-refractivity contribution < 1.29 is 18.7 Å². The Morgan fingerprint density at radius 1 is 1.28 bits per heavy atom. The van der Waals surface area contributed by atoms with Crippen LogP contribution in [0.4, 0.5) is 5.69 Å². The maximum absolute atomic E-state index is 12.5. The van der Waals surface area contributed by atoms with E-state index in [1.54, 1.807) is 37.3 Å². The van der Waals surface area contributed by atoms with Crippen LogP contribution in [-0.4, -0.2) is 31.1 Å². The first-order chi connectivity index (χ1) is 12.0. The lowest BCUT2D eigenvalue weighted by Crippen LogP contribution is -2.32. The monoisotopic (exact) mass is 406 g/mol. The van der Waals surface area contributed by atoms with E-state index in [4.69, 9.17) is 9.15 Å². The van der Waals surface area contributed by atoms with Gasteiger partial charge >= 0.3 is 0 Å². The van der Waals surface area contributed by atoms with Crippen LogP contribution in [0.2, 0.25) is 0 Å². The number of amides is 2. The summed E-state index contributed by atoms with van der Waals surface area (Å²) in [5, 5.41) is 5.61. The third kappa shape index (κ3) is 4.29. The zero-order valence-corrected chi connectivity index (χ0v) is 15.4. The molecule has 7 heteroatoms. The number of ether oxygens (including phenoxy) is 1. The molecule has 1 aliphatic heterocycles. The highest BCUT2D eigenvalue weighted by Gasteiger charge is 2.20. The van der Waals surface area contributed by atoms with E-state index in [2.05, 4.69) is 26.6 Å². The molecule has 3 rings (SSSR count). The van der Waals surface area contributed by atoms with Gasteiger partial charge in [-0.2, -0.15) is 0 Å². The summed E-state index contributed by atoms with van der Waals surface area (Å²) in [5.74, 6) is -0.437. The zero-order chi connectivity index (χ0) is 17.8. The van der Waals surface area contributed by atoms with E-state index >= 15 is 0 Å². The molecule has 1 aliphatic rings. The number of carbonyl (C=O) groups excluding carboxylic acids is 2. The molecule has 2 N–H and O–H groups in total. The first kappa shape index (κ1) is 17.7. The lowest BCUT2D eigenvalue weighted by molar-refractivity contribution is 0.0858. The molecule has 2 amide bonds. The minimum absolute atomic E-state index is 0.0637. The fraction of sp³-hybridized carbons (Fsp3) is 0.333. The number of aryl methyl sites for hydroxylation is 1. The number of rotatable bonds is 5. The van der Waals surface area contributed by atoms with E-state index in [1.165, 1.54) is 0 Å². The molecule has 0 bridgehead atoms. The SMILES string of the molecule is Cc1cc(Br)oc1C(=O)Nc1ccccc1C(=O)NC[C@@H]1CCCO1. The van der Waals surface area contributed by atoms with Gasteiger partial charge in [-0.1, -0.05) is 12.1 Å². The van der Waals surface area contributed by atoms with Crippen LogP contribution in [-0.2, 0) is 4.74 Å². The summed E-state index contributed by atoms with van der Waals surface area (Å²) < 4.78 is 11.3. The molecule has 1 aromatic heterocycles. The fourth-order valence-electron chi connectivity index (χ4n) is 2.74. The van der Waals surface area contributed by atoms with Crippen LogP contribution in [0.25, 0.3) is 0 Å². The Hall–Kier alpha value is -2.12. The number of para-hydroxylation sites is 1. The van der Waals surface area contributed by atoms with Crippen LogP contribution in [0.5, 0.6) is 0 Å². The van der Waals surface area contributed by atoms with Crippen molar-refractivity contribution in [2.24, 2.45) is 0 Å². The van der Waals surface area contributed by atoms with Crippen molar-refractivity contribution in [1.29, 1.82) is 0 Å². The number of carbonyl (C=O) groups is 2. The molecular formula is C18H19BrN2O4. The van der Waals surface area contributed by atoms with Crippen LogP contribution < -0.4 is 10.6 Å². The minimum atomic E-state index is -0.400. The smallest absolute Gasteiger partial charge is 0.291 e. The maximum Gasteiger partial charge on any atom is 0.291 e. The number of hydrogen-bond acceptors (Lipinski definition) is 4. The van der Waals surface area contributed by atoms with Crippen molar-refractivity contribution >= 4 is 33.4 Å². The molecule has 0 unspecified atom stereocenters. The third-order valence-electron chi connectivity index (χ3n) is 4.03. The summed E-state index contributed by atoms with van der Waals surface area (Å²) in [6.07, 6.45) is 2.03. The molecule has 2 heterocycles. The molecule has 0 radical (unpaired) electrons. The topological polar surface area (TPSA) is 80.6 Å². The third-order valence-corrected chi connectivity index (χ3v) is 4.42. The molecule has 2 aromatic rings. The van der Waals surface area contributed by atoms with E-state index in [9.17, 15) is 9.59 Å². The van der Waals surface area contributed by atoms with E-state index < -0.39 is 5.91 Å². The summed E-state index contributed by atoms with van der Waals surface area (Å²) >= 11 is 3.20. The van der Waals surface area contributed by atoms with Crippen molar-refractivity contribution in [2.45, 2.75) is 25.9 Å². The first-order valence-corrected chi connectivity index (χ1v) is 8.90. The van der Waals surface area contributed by atoms with Crippen molar-refractivity contribution in [2.75, 3.05) is 18.5 Å². The van der Waals surface area contributed by atoms with Crippen molar-refractivity contribution in [3.05, 3.63) is 51.9 Å².